The number of aromatic hydroxyl groups is 2. The lowest BCUT2D eigenvalue weighted by atomic mass is 10.2. The SMILES string of the molecule is Cc1ccc(C)c(S(=O)(=O)N/N=C/c2ccc(O)c(O)c2)c1. The van der Waals surface area contributed by atoms with Gasteiger partial charge in [-0.2, -0.15) is 13.5 Å². The van der Waals surface area contributed by atoms with Gasteiger partial charge in [0, 0.05) is 0 Å². The number of phenols is 2. The molecule has 2 aromatic carbocycles. The second-order valence-electron chi connectivity index (χ2n) is 4.87. The second kappa shape index (κ2) is 6.07. The maximum atomic E-state index is 12.2. The van der Waals surface area contributed by atoms with E-state index in [1.807, 2.05) is 6.07 Å². The number of benzene rings is 2. The number of hydrogen-bond acceptors (Lipinski definition) is 5. The van der Waals surface area contributed by atoms with E-state index in [0.29, 0.717) is 11.1 Å². The Bertz CT molecular complexity index is 829. The van der Waals surface area contributed by atoms with Gasteiger partial charge in [-0.05, 0) is 54.8 Å². The minimum absolute atomic E-state index is 0.165. The van der Waals surface area contributed by atoms with Crippen LogP contribution >= 0.6 is 0 Å². The minimum Gasteiger partial charge on any atom is -0.504 e. The maximum absolute atomic E-state index is 12.2. The summed E-state index contributed by atoms with van der Waals surface area (Å²) in [6, 6.07) is 9.17. The zero-order valence-electron chi connectivity index (χ0n) is 12.1. The molecule has 0 unspecified atom stereocenters. The summed E-state index contributed by atoms with van der Waals surface area (Å²) in [6.07, 6.45) is 1.24. The fraction of sp³-hybridized carbons (Fsp3) is 0.133. The molecule has 0 aromatic heterocycles. The third-order valence-corrected chi connectivity index (χ3v) is 4.38. The van der Waals surface area contributed by atoms with Crippen LogP contribution in [0.2, 0.25) is 0 Å². The molecule has 7 heteroatoms. The first-order valence-corrected chi connectivity index (χ1v) is 7.92. The maximum Gasteiger partial charge on any atom is 0.276 e. The van der Waals surface area contributed by atoms with E-state index in [1.54, 1.807) is 26.0 Å². The molecule has 0 aliphatic carbocycles. The average molecular weight is 320 g/mol. The quantitative estimate of drug-likeness (QED) is 0.456. The van der Waals surface area contributed by atoms with Crippen LogP contribution in [0.3, 0.4) is 0 Å². The summed E-state index contributed by atoms with van der Waals surface area (Å²) in [5, 5.41) is 22.2. The molecule has 116 valence electrons. The summed E-state index contributed by atoms with van der Waals surface area (Å²) < 4.78 is 24.4. The van der Waals surface area contributed by atoms with Gasteiger partial charge in [0.15, 0.2) is 11.5 Å². The van der Waals surface area contributed by atoms with Crippen LogP contribution in [-0.4, -0.2) is 24.8 Å². The van der Waals surface area contributed by atoms with Crippen molar-refractivity contribution in [3.8, 4) is 11.5 Å². The molecule has 0 saturated carbocycles. The molecule has 22 heavy (non-hydrogen) atoms. The van der Waals surface area contributed by atoms with E-state index >= 15 is 0 Å². The Kier molecular flexibility index (Phi) is 4.37. The first-order chi connectivity index (χ1) is 10.3. The Morgan fingerprint density at radius 2 is 1.77 bits per heavy atom. The highest BCUT2D eigenvalue weighted by atomic mass is 32.2. The molecule has 0 heterocycles. The number of hydrazone groups is 1. The summed E-state index contributed by atoms with van der Waals surface area (Å²) in [5.74, 6) is -0.561. The fourth-order valence-corrected chi connectivity index (χ4v) is 2.96. The molecule has 0 bridgehead atoms. The van der Waals surface area contributed by atoms with Crippen molar-refractivity contribution in [2.24, 2.45) is 5.10 Å². The predicted octanol–water partition coefficient (Wildman–Crippen LogP) is 2.03. The van der Waals surface area contributed by atoms with Gasteiger partial charge in [-0.1, -0.05) is 12.1 Å². The Morgan fingerprint density at radius 1 is 1.05 bits per heavy atom. The van der Waals surface area contributed by atoms with Crippen LogP contribution in [0, 0.1) is 13.8 Å². The van der Waals surface area contributed by atoms with E-state index in [2.05, 4.69) is 9.93 Å². The van der Waals surface area contributed by atoms with E-state index in [4.69, 9.17) is 0 Å². The van der Waals surface area contributed by atoms with Crippen molar-refractivity contribution in [2.75, 3.05) is 0 Å². The zero-order chi connectivity index (χ0) is 16.3. The normalized spacial score (nSPS) is 11.7. The lowest BCUT2D eigenvalue weighted by Gasteiger charge is -2.07. The van der Waals surface area contributed by atoms with Crippen LogP contribution in [0.5, 0.6) is 11.5 Å². The van der Waals surface area contributed by atoms with E-state index in [9.17, 15) is 18.6 Å². The van der Waals surface area contributed by atoms with Crippen molar-refractivity contribution in [2.45, 2.75) is 18.7 Å². The zero-order valence-corrected chi connectivity index (χ0v) is 12.9. The summed E-state index contributed by atoms with van der Waals surface area (Å²) in [6.45, 7) is 3.51. The standard InChI is InChI=1S/C15H16N2O4S/c1-10-3-4-11(2)15(7-10)22(20,21)17-16-9-12-5-6-13(18)14(19)8-12/h3-9,17-19H,1-2H3/b16-9+. The molecule has 2 rings (SSSR count). The van der Waals surface area contributed by atoms with Crippen molar-refractivity contribution >= 4 is 16.2 Å². The van der Waals surface area contributed by atoms with Gasteiger partial charge in [0.05, 0.1) is 11.1 Å². The molecule has 3 N–H and O–H groups in total. The van der Waals surface area contributed by atoms with Crippen LogP contribution in [0.1, 0.15) is 16.7 Å². The highest BCUT2D eigenvalue weighted by Gasteiger charge is 2.15. The van der Waals surface area contributed by atoms with Gasteiger partial charge in [-0.15, -0.1) is 0 Å². The smallest absolute Gasteiger partial charge is 0.276 e. The molecule has 0 aliphatic heterocycles. The van der Waals surface area contributed by atoms with Gasteiger partial charge in [0.2, 0.25) is 0 Å². The van der Waals surface area contributed by atoms with Crippen LogP contribution < -0.4 is 4.83 Å². The van der Waals surface area contributed by atoms with Crippen LogP contribution in [0.15, 0.2) is 46.4 Å². The molecule has 6 nitrogen and oxygen atoms in total. The number of nitrogens with zero attached hydrogens (tertiary/aromatic N) is 1. The van der Waals surface area contributed by atoms with Crippen LogP contribution in [-0.2, 0) is 10.0 Å². The van der Waals surface area contributed by atoms with Gasteiger partial charge in [-0.25, -0.2) is 4.83 Å². The van der Waals surface area contributed by atoms with Gasteiger partial charge in [0.25, 0.3) is 10.0 Å². The van der Waals surface area contributed by atoms with Gasteiger partial charge in [0.1, 0.15) is 0 Å². The molecule has 0 radical (unpaired) electrons. The Morgan fingerprint density at radius 3 is 2.45 bits per heavy atom. The van der Waals surface area contributed by atoms with E-state index < -0.39 is 10.0 Å². The van der Waals surface area contributed by atoms with Crippen LogP contribution in [0.4, 0.5) is 0 Å². The molecule has 0 amide bonds. The summed E-state index contributed by atoms with van der Waals surface area (Å²) in [4.78, 5) is 2.29. The monoisotopic (exact) mass is 320 g/mol. The molecule has 0 atom stereocenters. The molecule has 2 aromatic rings. The van der Waals surface area contributed by atoms with Gasteiger partial charge in [-0.3, -0.25) is 0 Å². The summed E-state index contributed by atoms with van der Waals surface area (Å²) in [7, 11) is -3.76. The second-order valence-corrected chi connectivity index (χ2v) is 6.50. The summed E-state index contributed by atoms with van der Waals surface area (Å²) >= 11 is 0. The lowest BCUT2D eigenvalue weighted by molar-refractivity contribution is 0.403. The molecular weight excluding hydrogens is 304 g/mol. The van der Waals surface area contributed by atoms with Crippen molar-refractivity contribution in [1.82, 2.24) is 4.83 Å². The van der Waals surface area contributed by atoms with Crippen molar-refractivity contribution < 1.29 is 18.6 Å². The number of rotatable bonds is 4. The Hall–Kier alpha value is -2.54. The van der Waals surface area contributed by atoms with Crippen molar-refractivity contribution in [3.05, 3.63) is 53.1 Å². The predicted molar refractivity (Wildman–Crippen MR) is 83.6 cm³/mol. The van der Waals surface area contributed by atoms with E-state index in [-0.39, 0.29) is 16.4 Å². The number of aryl methyl sites for hydroxylation is 2. The number of phenolic OH excluding ortho intramolecular Hbond substituents is 2. The van der Waals surface area contributed by atoms with E-state index in [1.165, 1.54) is 24.4 Å². The highest BCUT2D eigenvalue weighted by molar-refractivity contribution is 7.89. The highest BCUT2D eigenvalue weighted by Crippen LogP contribution is 2.24. The third-order valence-electron chi connectivity index (χ3n) is 3.02. The molecule has 0 saturated heterocycles. The number of hydrogen-bond donors (Lipinski definition) is 3. The Balaban J connectivity index is 2.20. The first-order valence-electron chi connectivity index (χ1n) is 6.44. The molecule has 0 fully saturated rings. The average Bonchev–Trinajstić information content (AvgIpc) is 2.45. The van der Waals surface area contributed by atoms with Crippen LogP contribution in [0.25, 0.3) is 0 Å². The summed E-state index contributed by atoms with van der Waals surface area (Å²) in [5.41, 5.74) is 1.90. The molecule has 0 spiro atoms. The third kappa shape index (κ3) is 3.56. The number of nitrogens with one attached hydrogen (secondary N) is 1. The number of sulfonamides is 1. The van der Waals surface area contributed by atoms with Crippen molar-refractivity contribution in [1.29, 1.82) is 0 Å². The van der Waals surface area contributed by atoms with Gasteiger partial charge < -0.3 is 10.2 Å². The fourth-order valence-electron chi connectivity index (χ4n) is 1.84. The van der Waals surface area contributed by atoms with Crippen molar-refractivity contribution in [3.63, 3.8) is 0 Å². The Labute approximate surface area is 128 Å². The lowest BCUT2D eigenvalue weighted by Crippen LogP contribution is -2.19. The van der Waals surface area contributed by atoms with Gasteiger partial charge >= 0.3 is 0 Å². The molecule has 0 aliphatic rings. The van der Waals surface area contributed by atoms with E-state index in [0.717, 1.165) is 5.56 Å². The largest absolute Gasteiger partial charge is 0.504 e. The first kappa shape index (κ1) is 15.8. The minimum atomic E-state index is -3.76. The topological polar surface area (TPSA) is 99.0 Å². The molecular formula is C15H16N2O4S.